The lowest BCUT2D eigenvalue weighted by Gasteiger charge is -2.32. The molecule has 2 saturated carbocycles. The molecular weight excluding hydrogens is 259 g/mol. The third-order valence-corrected chi connectivity index (χ3v) is 6.45. The fraction of sp³-hybridized carbons (Fsp3) is 0.667. The van der Waals surface area contributed by atoms with Gasteiger partial charge in [-0.1, -0.05) is 30.3 Å². The van der Waals surface area contributed by atoms with Crippen LogP contribution in [0.5, 0.6) is 0 Å². The molecule has 21 heavy (non-hydrogen) atoms. The Morgan fingerprint density at radius 1 is 0.952 bits per heavy atom. The molecule has 1 heterocycles. The van der Waals surface area contributed by atoms with Gasteiger partial charge in [0.05, 0.1) is 11.2 Å². The lowest BCUT2D eigenvalue weighted by molar-refractivity contribution is 0.00578. The Labute approximate surface area is 128 Å². The van der Waals surface area contributed by atoms with E-state index in [0.29, 0.717) is 11.2 Å². The molecule has 2 aliphatic carbocycles. The molecule has 3 atom stereocenters. The summed E-state index contributed by atoms with van der Waals surface area (Å²) < 4.78 is 12.6. The van der Waals surface area contributed by atoms with E-state index in [1.807, 2.05) is 0 Å². The van der Waals surface area contributed by atoms with Crippen LogP contribution in [-0.4, -0.2) is 18.3 Å². The molecule has 0 radical (unpaired) electrons. The summed E-state index contributed by atoms with van der Waals surface area (Å²) in [5.41, 5.74) is 1.54. The van der Waals surface area contributed by atoms with E-state index in [-0.39, 0.29) is 18.3 Å². The molecule has 4 rings (SSSR count). The summed E-state index contributed by atoms with van der Waals surface area (Å²) in [5, 5.41) is 0. The van der Waals surface area contributed by atoms with E-state index in [4.69, 9.17) is 9.31 Å². The zero-order chi connectivity index (χ0) is 14.9. The van der Waals surface area contributed by atoms with E-state index in [1.54, 1.807) is 0 Å². The van der Waals surface area contributed by atoms with Crippen LogP contribution in [0.3, 0.4) is 0 Å². The van der Waals surface area contributed by atoms with E-state index in [9.17, 15) is 0 Å². The third-order valence-electron chi connectivity index (χ3n) is 6.45. The monoisotopic (exact) mass is 284 g/mol. The van der Waals surface area contributed by atoms with Crippen molar-refractivity contribution in [1.29, 1.82) is 0 Å². The first kappa shape index (κ1) is 13.8. The second-order valence-corrected chi connectivity index (χ2v) is 8.25. The Balaban J connectivity index is 1.52. The second-order valence-electron chi connectivity index (χ2n) is 8.25. The highest BCUT2D eigenvalue weighted by Gasteiger charge is 2.65. The van der Waals surface area contributed by atoms with E-state index >= 15 is 0 Å². The molecule has 1 aromatic rings. The largest absolute Gasteiger partial charge is 0.461 e. The number of hydrogen-bond acceptors (Lipinski definition) is 2. The number of fused-ring (bicyclic) bond motifs is 1. The summed E-state index contributed by atoms with van der Waals surface area (Å²) in [7, 11) is -0.0246. The van der Waals surface area contributed by atoms with Gasteiger partial charge in [0.2, 0.25) is 0 Å². The summed E-state index contributed by atoms with van der Waals surface area (Å²) in [6.07, 6.45) is 3.83. The first-order chi connectivity index (χ1) is 9.84. The zero-order valence-electron chi connectivity index (χ0n) is 13.6. The predicted octanol–water partition coefficient (Wildman–Crippen LogP) is 4.20. The lowest BCUT2D eigenvalue weighted by atomic mass is 9.68. The highest BCUT2D eigenvalue weighted by Crippen LogP contribution is 2.69. The van der Waals surface area contributed by atoms with Gasteiger partial charge in [-0.3, -0.25) is 0 Å². The van der Waals surface area contributed by atoms with Crippen LogP contribution in [0.25, 0.3) is 0 Å². The van der Waals surface area contributed by atoms with Gasteiger partial charge in [0.25, 0.3) is 0 Å². The quantitative estimate of drug-likeness (QED) is 0.758. The second kappa shape index (κ2) is 4.14. The summed E-state index contributed by atoms with van der Waals surface area (Å²) in [6.45, 7) is 8.59. The van der Waals surface area contributed by atoms with Crippen molar-refractivity contribution in [3.05, 3.63) is 35.9 Å². The molecule has 0 bridgehead atoms. The number of hydrogen-bond donors (Lipinski definition) is 0. The SMILES string of the molecule is CC1(C)OB([C@@H]2C[C@@H]3C[C@@]3(c3ccccc3)C2)OC1(C)C. The molecule has 2 nitrogen and oxygen atoms in total. The fourth-order valence-corrected chi connectivity index (χ4v) is 4.39. The van der Waals surface area contributed by atoms with Crippen LogP contribution in [0, 0.1) is 5.92 Å². The topological polar surface area (TPSA) is 18.5 Å². The van der Waals surface area contributed by atoms with Crippen molar-refractivity contribution in [3.63, 3.8) is 0 Å². The van der Waals surface area contributed by atoms with Gasteiger partial charge in [0.15, 0.2) is 0 Å². The van der Waals surface area contributed by atoms with Crippen LogP contribution in [0.2, 0.25) is 5.82 Å². The van der Waals surface area contributed by atoms with Crippen LogP contribution in [0.1, 0.15) is 52.5 Å². The molecule has 3 fully saturated rings. The molecule has 0 amide bonds. The molecule has 112 valence electrons. The van der Waals surface area contributed by atoms with Crippen molar-refractivity contribution in [2.75, 3.05) is 0 Å². The molecule has 0 N–H and O–H groups in total. The summed E-state index contributed by atoms with van der Waals surface area (Å²) >= 11 is 0. The normalized spacial score (nSPS) is 39.3. The van der Waals surface area contributed by atoms with Crippen LogP contribution >= 0.6 is 0 Å². The van der Waals surface area contributed by atoms with Crippen molar-refractivity contribution >= 4 is 7.12 Å². The highest BCUT2D eigenvalue weighted by atomic mass is 16.7. The molecule has 3 aliphatic rings. The van der Waals surface area contributed by atoms with Crippen molar-refractivity contribution in [3.8, 4) is 0 Å². The zero-order valence-corrected chi connectivity index (χ0v) is 13.6. The van der Waals surface area contributed by atoms with Gasteiger partial charge in [0.1, 0.15) is 0 Å². The van der Waals surface area contributed by atoms with Crippen LogP contribution < -0.4 is 0 Å². The molecule has 0 aromatic heterocycles. The van der Waals surface area contributed by atoms with Gasteiger partial charge >= 0.3 is 7.12 Å². The van der Waals surface area contributed by atoms with Crippen LogP contribution in [0.4, 0.5) is 0 Å². The summed E-state index contributed by atoms with van der Waals surface area (Å²) in [6, 6.07) is 11.0. The fourth-order valence-electron chi connectivity index (χ4n) is 4.39. The first-order valence-corrected chi connectivity index (χ1v) is 8.25. The Morgan fingerprint density at radius 3 is 2.19 bits per heavy atom. The smallest absolute Gasteiger partial charge is 0.403 e. The minimum absolute atomic E-state index is 0.0246. The summed E-state index contributed by atoms with van der Waals surface area (Å²) in [4.78, 5) is 0. The van der Waals surface area contributed by atoms with E-state index in [2.05, 4.69) is 58.0 Å². The Bertz CT molecular complexity index is 538. The van der Waals surface area contributed by atoms with Crippen molar-refractivity contribution in [1.82, 2.24) is 0 Å². The van der Waals surface area contributed by atoms with Crippen molar-refractivity contribution in [2.24, 2.45) is 5.92 Å². The third kappa shape index (κ3) is 1.93. The van der Waals surface area contributed by atoms with Crippen molar-refractivity contribution in [2.45, 2.75) is 69.4 Å². The van der Waals surface area contributed by atoms with Gasteiger partial charge in [-0.05, 0) is 69.7 Å². The maximum atomic E-state index is 6.28. The first-order valence-electron chi connectivity index (χ1n) is 8.25. The van der Waals surface area contributed by atoms with E-state index in [0.717, 1.165) is 5.92 Å². The molecule has 1 aromatic carbocycles. The Morgan fingerprint density at radius 2 is 1.57 bits per heavy atom. The average Bonchev–Trinajstić information content (AvgIpc) is 2.91. The van der Waals surface area contributed by atoms with Gasteiger partial charge < -0.3 is 9.31 Å². The minimum atomic E-state index is -0.204. The number of rotatable bonds is 2. The van der Waals surface area contributed by atoms with Crippen molar-refractivity contribution < 1.29 is 9.31 Å². The van der Waals surface area contributed by atoms with E-state index in [1.165, 1.54) is 24.8 Å². The minimum Gasteiger partial charge on any atom is -0.403 e. The summed E-state index contributed by atoms with van der Waals surface area (Å²) in [5.74, 6) is 1.38. The molecular formula is C18H25BO2. The molecule has 0 unspecified atom stereocenters. The highest BCUT2D eigenvalue weighted by molar-refractivity contribution is 6.47. The van der Waals surface area contributed by atoms with Gasteiger partial charge in [-0.25, -0.2) is 0 Å². The Hall–Kier alpha value is -0.795. The average molecular weight is 284 g/mol. The van der Waals surface area contributed by atoms with Crippen LogP contribution in [0.15, 0.2) is 30.3 Å². The standard InChI is InChI=1S/C18H25BO2/c1-16(2)17(3,4)21-19(20-16)15-10-14-11-18(14,12-15)13-8-6-5-7-9-13/h5-9,14-15H,10-12H2,1-4H3/t14-,15-,18+/m1/s1. The molecule has 0 spiro atoms. The molecule has 1 aliphatic heterocycles. The number of benzene rings is 1. The van der Waals surface area contributed by atoms with Gasteiger partial charge in [0, 0.05) is 0 Å². The van der Waals surface area contributed by atoms with Gasteiger partial charge in [-0.2, -0.15) is 0 Å². The molecule has 1 saturated heterocycles. The Kier molecular flexibility index (Phi) is 2.73. The predicted molar refractivity (Wildman–Crippen MR) is 85.3 cm³/mol. The maximum Gasteiger partial charge on any atom is 0.461 e. The molecule has 3 heteroatoms. The van der Waals surface area contributed by atoms with E-state index < -0.39 is 0 Å². The maximum absolute atomic E-state index is 6.28. The lowest BCUT2D eigenvalue weighted by Crippen LogP contribution is -2.41. The van der Waals surface area contributed by atoms with Gasteiger partial charge in [-0.15, -0.1) is 0 Å². The van der Waals surface area contributed by atoms with Crippen LogP contribution in [-0.2, 0) is 14.7 Å².